The number of ether oxygens (including phenoxy) is 1. The molecule has 0 fully saturated rings. The highest BCUT2D eigenvalue weighted by molar-refractivity contribution is 7.22. The largest absolute Gasteiger partial charge is 0.484 e. The fourth-order valence-corrected chi connectivity index (χ4v) is 2.92. The van der Waals surface area contributed by atoms with Crippen molar-refractivity contribution in [2.45, 2.75) is 0 Å². The molecule has 2 aromatic carbocycles. The van der Waals surface area contributed by atoms with Crippen LogP contribution in [0.15, 0.2) is 48.5 Å². The number of amides is 1. The zero-order valence-electron chi connectivity index (χ0n) is 12.4. The highest BCUT2D eigenvalue weighted by atomic mass is 32.1. The van der Waals surface area contributed by atoms with Crippen molar-refractivity contribution in [2.75, 3.05) is 18.6 Å². The fourth-order valence-electron chi connectivity index (χ4n) is 1.98. The normalized spacial score (nSPS) is 10.3. The van der Waals surface area contributed by atoms with E-state index in [1.807, 2.05) is 30.3 Å². The molecule has 0 spiro atoms. The topological polar surface area (TPSA) is 66.2 Å². The number of para-hydroxylation sites is 1. The Kier molecular flexibility index (Phi) is 4.22. The number of thiazole rings is 1. The molecule has 0 bridgehead atoms. The number of nitriles is 1. The van der Waals surface area contributed by atoms with Crippen LogP contribution < -0.4 is 9.64 Å². The van der Waals surface area contributed by atoms with Crippen LogP contribution >= 0.6 is 11.3 Å². The third kappa shape index (κ3) is 3.30. The van der Waals surface area contributed by atoms with Crippen molar-refractivity contribution >= 4 is 32.6 Å². The number of nitrogens with zero attached hydrogens (tertiary/aromatic N) is 3. The minimum atomic E-state index is -0.187. The van der Waals surface area contributed by atoms with Gasteiger partial charge in [-0.1, -0.05) is 23.5 Å². The third-order valence-corrected chi connectivity index (χ3v) is 4.40. The van der Waals surface area contributed by atoms with Crippen LogP contribution in [0.3, 0.4) is 0 Å². The number of carbonyl (C=O) groups excluding carboxylic acids is 1. The number of fused-ring (bicyclic) bond motifs is 1. The number of hydrogen-bond acceptors (Lipinski definition) is 5. The van der Waals surface area contributed by atoms with Crippen molar-refractivity contribution in [3.8, 4) is 11.8 Å². The smallest absolute Gasteiger partial charge is 0.266 e. The first kappa shape index (κ1) is 15.0. The Hall–Kier alpha value is -2.91. The zero-order chi connectivity index (χ0) is 16.2. The molecule has 0 aliphatic carbocycles. The summed E-state index contributed by atoms with van der Waals surface area (Å²) < 4.78 is 6.50. The molecule has 0 saturated carbocycles. The third-order valence-electron chi connectivity index (χ3n) is 3.29. The summed E-state index contributed by atoms with van der Waals surface area (Å²) in [5.74, 6) is 0.364. The van der Waals surface area contributed by atoms with Crippen molar-refractivity contribution in [1.82, 2.24) is 4.98 Å². The summed E-state index contributed by atoms with van der Waals surface area (Å²) in [7, 11) is 1.68. The van der Waals surface area contributed by atoms with Crippen molar-refractivity contribution in [1.29, 1.82) is 5.26 Å². The SMILES string of the molecule is CN(C(=O)COc1ccc(C#N)cc1)c1nc2ccccc2s1. The summed E-state index contributed by atoms with van der Waals surface area (Å²) in [6.45, 7) is -0.0850. The highest BCUT2D eigenvalue weighted by Crippen LogP contribution is 2.27. The molecule has 0 N–H and O–H groups in total. The molecule has 6 heteroatoms. The number of anilines is 1. The molecular formula is C17H13N3O2S. The second kappa shape index (κ2) is 6.46. The molecule has 0 saturated heterocycles. The Labute approximate surface area is 137 Å². The molecule has 3 aromatic rings. The molecule has 0 aliphatic rings. The first-order chi connectivity index (χ1) is 11.2. The summed E-state index contributed by atoms with van der Waals surface area (Å²) in [5, 5.41) is 9.39. The molecule has 114 valence electrons. The van der Waals surface area contributed by atoms with E-state index in [-0.39, 0.29) is 12.5 Å². The van der Waals surface area contributed by atoms with Crippen LogP contribution in [-0.2, 0) is 4.79 Å². The van der Waals surface area contributed by atoms with Crippen LogP contribution in [0.25, 0.3) is 10.2 Å². The predicted octanol–water partition coefficient (Wildman–Crippen LogP) is 3.21. The highest BCUT2D eigenvalue weighted by Gasteiger charge is 2.15. The molecule has 1 aromatic heterocycles. The second-order valence-electron chi connectivity index (χ2n) is 4.84. The maximum absolute atomic E-state index is 12.2. The van der Waals surface area contributed by atoms with Gasteiger partial charge in [0, 0.05) is 7.05 Å². The molecule has 0 aliphatic heterocycles. The van der Waals surface area contributed by atoms with Crippen molar-refractivity contribution in [3.05, 3.63) is 54.1 Å². The predicted molar refractivity (Wildman–Crippen MR) is 89.7 cm³/mol. The van der Waals surface area contributed by atoms with E-state index in [0.29, 0.717) is 16.4 Å². The van der Waals surface area contributed by atoms with Crippen LogP contribution in [0, 0.1) is 11.3 Å². The molecule has 0 radical (unpaired) electrons. The molecule has 23 heavy (non-hydrogen) atoms. The van der Waals surface area contributed by atoms with Gasteiger partial charge in [0.05, 0.1) is 21.8 Å². The van der Waals surface area contributed by atoms with Crippen LogP contribution in [0.5, 0.6) is 5.75 Å². The molecular weight excluding hydrogens is 310 g/mol. The average Bonchev–Trinajstić information content (AvgIpc) is 3.03. The summed E-state index contributed by atoms with van der Waals surface area (Å²) >= 11 is 1.46. The lowest BCUT2D eigenvalue weighted by molar-refractivity contribution is -0.120. The molecule has 5 nitrogen and oxygen atoms in total. The minimum Gasteiger partial charge on any atom is -0.484 e. The van der Waals surface area contributed by atoms with E-state index in [2.05, 4.69) is 4.98 Å². The fraction of sp³-hybridized carbons (Fsp3) is 0.118. The van der Waals surface area contributed by atoms with E-state index in [9.17, 15) is 4.79 Å². The number of likely N-dealkylation sites (N-methyl/N-ethyl adjacent to an activating group) is 1. The van der Waals surface area contributed by atoms with E-state index >= 15 is 0 Å². The van der Waals surface area contributed by atoms with E-state index in [1.54, 1.807) is 31.3 Å². The monoisotopic (exact) mass is 323 g/mol. The van der Waals surface area contributed by atoms with Crippen LogP contribution in [0.2, 0.25) is 0 Å². The summed E-state index contributed by atoms with van der Waals surface area (Å²) in [6, 6.07) is 16.4. The average molecular weight is 323 g/mol. The lowest BCUT2D eigenvalue weighted by Crippen LogP contribution is -2.31. The van der Waals surface area contributed by atoms with E-state index in [0.717, 1.165) is 10.2 Å². The Morgan fingerprint density at radius 3 is 2.70 bits per heavy atom. The van der Waals surface area contributed by atoms with E-state index in [4.69, 9.17) is 10.00 Å². The van der Waals surface area contributed by atoms with Crippen molar-refractivity contribution in [2.24, 2.45) is 0 Å². The van der Waals surface area contributed by atoms with Gasteiger partial charge in [0.15, 0.2) is 11.7 Å². The van der Waals surface area contributed by atoms with Gasteiger partial charge < -0.3 is 4.74 Å². The number of rotatable bonds is 4. The van der Waals surface area contributed by atoms with E-state index in [1.165, 1.54) is 16.2 Å². The first-order valence-corrected chi connectivity index (χ1v) is 7.74. The Balaban J connectivity index is 1.66. The zero-order valence-corrected chi connectivity index (χ0v) is 13.2. The standard InChI is InChI=1S/C17H13N3O2S/c1-20(17-19-14-4-2-3-5-15(14)23-17)16(21)11-22-13-8-6-12(10-18)7-9-13/h2-9H,11H2,1H3. The second-order valence-corrected chi connectivity index (χ2v) is 5.85. The quantitative estimate of drug-likeness (QED) is 0.739. The molecule has 0 unspecified atom stereocenters. The summed E-state index contributed by atoms with van der Waals surface area (Å²) in [6.07, 6.45) is 0. The maximum Gasteiger partial charge on any atom is 0.266 e. The molecule has 0 atom stereocenters. The molecule has 1 amide bonds. The van der Waals surface area contributed by atoms with Gasteiger partial charge in [0.2, 0.25) is 0 Å². The summed E-state index contributed by atoms with van der Waals surface area (Å²) in [4.78, 5) is 18.2. The van der Waals surface area contributed by atoms with Crippen LogP contribution in [-0.4, -0.2) is 24.5 Å². The number of carbonyl (C=O) groups is 1. The van der Waals surface area contributed by atoms with Gasteiger partial charge in [0.1, 0.15) is 5.75 Å². The number of hydrogen-bond donors (Lipinski definition) is 0. The van der Waals surface area contributed by atoms with Crippen molar-refractivity contribution < 1.29 is 9.53 Å². The molecule has 3 rings (SSSR count). The van der Waals surface area contributed by atoms with Crippen LogP contribution in [0.1, 0.15) is 5.56 Å². The van der Waals surface area contributed by atoms with Crippen LogP contribution in [0.4, 0.5) is 5.13 Å². The lowest BCUT2D eigenvalue weighted by atomic mass is 10.2. The van der Waals surface area contributed by atoms with Gasteiger partial charge in [-0.05, 0) is 36.4 Å². The van der Waals surface area contributed by atoms with Crippen molar-refractivity contribution in [3.63, 3.8) is 0 Å². The lowest BCUT2D eigenvalue weighted by Gasteiger charge is -2.14. The van der Waals surface area contributed by atoms with Gasteiger partial charge in [0.25, 0.3) is 5.91 Å². The maximum atomic E-state index is 12.2. The molecule has 1 heterocycles. The van der Waals surface area contributed by atoms with E-state index < -0.39 is 0 Å². The Morgan fingerprint density at radius 2 is 2.00 bits per heavy atom. The van der Waals surface area contributed by atoms with Gasteiger partial charge >= 0.3 is 0 Å². The van der Waals surface area contributed by atoms with Gasteiger partial charge in [-0.3, -0.25) is 9.69 Å². The minimum absolute atomic E-state index is 0.0850. The van der Waals surface area contributed by atoms with Gasteiger partial charge in [-0.25, -0.2) is 4.98 Å². The Bertz CT molecular complexity index is 848. The first-order valence-electron chi connectivity index (χ1n) is 6.92. The number of benzene rings is 2. The van der Waals surface area contributed by atoms with Gasteiger partial charge in [-0.2, -0.15) is 5.26 Å². The Morgan fingerprint density at radius 1 is 1.26 bits per heavy atom. The van der Waals surface area contributed by atoms with Gasteiger partial charge in [-0.15, -0.1) is 0 Å². The number of aromatic nitrogens is 1. The summed E-state index contributed by atoms with van der Waals surface area (Å²) in [5.41, 5.74) is 1.43.